The zero-order chi connectivity index (χ0) is 26.1. The standard InChI is InChI=1S/C28H25N7O2/c1-17(2)13-14-19-9-7-12-21-22(19)28(37)35(20-10-5-4-6-11-20)25(32-21)18(3)31-27(36)23-24(29)33-34-16-8-15-30-26(23)34/h4-12,15-18H,1-3H3,(H2,29,33)(H,31,36). The van der Waals surface area contributed by atoms with E-state index < -0.39 is 11.9 Å². The summed E-state index contributed by atoms with van der Waals surface area (Å²) >= 11 is 0. The normalized spacial score (nSPS) is 11.9. The van der Waals surface area contributed by atoms with Crippen LogP contribution in [0.4, 0.5) is 5.82 Å². The maximum atomic E-state index is 14.0. The second-order valence-electron chi connectivity index (χ2n) is 8.91. The summed E-state index contributed by atoms with van der Waals surface area (Å²) in [5, 5.41) is 7.52. The number of nitrogen functional groups attached to an aromatic ring is 1. The topological polar surface area (TPSA) is 120 Å². The first-order valence-corrected chi connectivity index (χ1v) is 11.9. The number of benzene rings is 2. The van der Waals surface area contributed by atoms with Crippen molar-refractivity contribution >= 4 is 28.3 Å². The molecule has 1 atom stereocenters. The lowest BCUT2D eigenvalue weighted by molar-refractivity contribution is 0.0940. The first kappa shape index (κ1) is 23.8. The molecule has 0 aliphatic carbocycles. The van der Waals surface area contributed by atoms with E-state index in [1.54, 1.807) is 31.5 Å². The lowest BCUT2D eigenvalue weighted by Crippen LogP contribution is -2.33. The third-order valence-corrected chi connectivity index (χ3v) is 5.82. The highest BCUT2D eigenvalue weighted by molar-refractivity contribution is 6.04. The van der Waals surface area contributed by atoms with Gasteiger partial charge in [0.15, 0.2) is 11.5 Å². The van der Waals surface area contributed by atoms with E-state index >= 15 is 0 Å². The average Bonchev–Trinajstić information content (AvgIpc) is 3.23. The molecule has 9 nitrogen and oxygen atoms in total. The van der Waals surface area contributed by atoms with E-state index in [4.69, 9.17) is 10.7 Å². The van der Waals surface area contributed by atoms with Crippen molar-refractivity contribution in [2.45, 2.75) is 26.8 Å². The Bertz CT molecular complexity index is 1760. The summed E-state index contributed by atoms with van der Waals surface area (Å²) in [5.41, 5.74) is 8.01. The summed E-state index contributed by atoms with van der Waals surface area (Å²) in [7, 11) is 0. The van der Waals surface area contributed by atoms with Crippen LogP contribution in [0.2, 0.25) is 0 Å². The predicted molar refractivity (Wildman–Crippen MR) is 142 cm³/mol. The van der Waals surface area contributed by atoms with Crippen LogP contribution < -0.4 is 16.6 Å². The number of carbonyl (C=O) groups excluding carboxylic acids is 1. The lowest BCUT2D eigenvalue weighted by atomic mass is 10.1. The van der Waals surface area contributed by atoms with Gasteiger partial charge in [-0.1, -0.05) is 50.0 Å². The van der Waals surface area contributed by atoms with Crippen molar-refractivity contribution in [3.63, 3.8) is 0 Å². The van der Waals surface area contributed by atoms with E-state index in [1.807, 2.05) is 56.3 Å². The van der Waals surface area contributed by atoms with Crippen LogP contribution in [-0.4, -0.2) is 30.1 Å². The van der Waals surface area contributed by atoms with E-state index in [9.17, 15) is 9.59 Å². The summed E-state index contributed by atoms with van der Waals surface area (Å²) in [4.78, 5) is 36.3. The van der Waals surface area contributed by atoms with E-state index in [0.29, 0.717) is 33.6 Å². The number of hydrogen-bond donors (Lipinski definition) is 2. The number of amides is 1. The van der Waals surface area contributed by atoms with Crippen LogP contribution in [0.1, 0.15) is 48.6 Å². The van der Waals surface area contributed by atoms with Gasteiger partial charge in [0.1, 0.15) is 11.4 Å². The Kier molecular flexibility index (Phi) is 6.15. The van der Waals surface area contributed by atoms with Crippen molar-refractivity contribution in [2.24, 2.45) is 5.92 Å². The number of carbonyl (C=O) groups is 1. The van der Waals surface area contributed by atoms with Crippen LogP contribution in [0.25, 0.3) is 22.2 Å². The van der Waals surface area contributed by atoms with Crippen molar-refractivity contribution in [1.29, 1.82) is 0 Å². The Morgan fingerprint density at radius 2 is 1.84 bits per heavy atom. The molecule has 0 aliphatic heterocycles. The molecule has 3 heterocycles. The quantitative estimate of drug-likeness (QED) is 0.371. The van der Waals surface area contributed by atoms with Gasteiger partial charge in [0, 0.05) is 23.9 Å². The molecule has 1 amide bonds. The third-order valence-electron chi connectivity index (χ3n) is 5.82. The largest absolute Gasteiger partial charge is 0.381 e. The Morgan fingerprint density at radius 1 is 1.05 bits per heavy atom. The Hall–Kier alpha value is -4.97. The highest BCUT2D eigenvalue weighted by Gasteiger charge is 2.24. The summed E-state index contributed by atoms with van der Waals surface area (Å²) in [6.45, 7) is 5.75. The van der Waals surface area contributed by atoms with Crippen LogP contribution in [-0.2, 0) is 0 Å². The molecule has 0 radical (unpaired) electrons. The minimum absolute atomic E-state index is 0.0590. The maximum absolute atomic E-state index is 14.0. The number of aromatic nitrogens is 5. The van der Waals surface area contributed by atoms with Crippen molar-refractivity contribution in [3.05, 3.63) is 94.3 Å². The minimum atomic E-state index is -0.659. The lowest BCUT2D eigenvalue weighted by Gasteiger charge is -2.20. The molecule has 0 fully saturated rings. The molecule has 37 heavy (non-hydrogen) atoms. The monoisotopic (exact) mass is 491 g/mol. The molecular weight excluding hydrogens is 466 g/mol. The molecule has 3 N–H and O–H groups in total. The number of hydrogen-bond acceptors (Lipinski definition) is 6. The molecule has 0 bridgehead atoms. The number of fused-ring (bicyclic) bond motifs is 2. The van der Waals surface area contributed by atoms with Gasteiger partial charge in [0.2, 0.25) is 0 Å². The second kappa shape index (κ2) is 9.59. The molecule has 0 aliphatic rings. The smallest absolute Gasteiger partial charge is 0.267 e. The van der Waals surface area contributed by atoms with Gasteiger partial charge in [0.05, 0.1) is 22.6 Å². The van der Waals surface area contributed by atoms with E-state index in [-0.39, 0.29) is 22.9 Å². The molecular formula is C28H25N7O2. The van der Waals surface area contributed by atoms with Gasteiger partial charge in [-0.15, -0.1) is 5.10 Å². The summed E-state index contributed by atoms with van der Waals surface area (Å²) in [6.07, 6.45) is 3.23. The van der Waals surface area contributed by atoms with Crippen molar-refractivity contribution in [1.82, 2.24) is 29.5 Å². The zero-order valence-electron chi connectivity index (χ0n) is 20.6. The van der Waals surface area contributed by atoms with Crippen LogP contribution >= 0.6 is 0 Å². The number of nitrogens with two attached hydrogens (primary N) is 1. The van der Waals surface area contributed by atoms with Gasteiger partial charge in [-0.25, -0.2) is 14.5 Å². The van der Waals surface area contributed by atoms with E-state index in [0.717, 1.165) is 0 Å². The zero-order valence-corrected chi connectivity index (χ0v) is 20.6. The molecule has 0 saturated heterocycles. The second-order valence-corrected chi connectivity index (χ2v) is 8.91. The Labute approximate surface area is 213 Å². The van der Waals surface area contributed by atoms with Crippen molar-refractivity contribution in [3.8, 4) is 17.5 Å². The van der Waals surface area contributed by atoms with Gasteiger partial charge in [-0.3, -0.25) is 14.2 Å². The molecule has 0 saturated carbocycles. The summed E-state index contributed by atoms with van der Waals surface area (Å²) in [5.74, 6) is 6.37. The number of anilines is 1. The first-order valence-electron chi connectivity index (χ1n) is 11.9. The van der Waals surface area contributed by atoms with Gasteiger partial charge >= 0.3 is 0 Å². The van der Waals surface area contributed by atoms with Crippen LogP contribution in [0.5, 0.6) is 0 Å². The SMILES string of the molecule is CC(C)C#Cc1cccc2nc(C(C)NC(=O)c3c(N)nn4cccnc34)n(-c3ccccc3)c(=O)c12. The van der Waals surface area contributed by atoms with Crippen LogP contribution in [0.15, 0.2) is 71.8 Å². The van der Waals surface area contributed by atoms with Crippen molar-refractivity contribution in [2.75, 3.05) is 5.73 Å². The molecule has 5 aromatic rings. The number of rotatable bonds is 4. The van der Waals surface area contributed by atoms with Gasteiger partial charge < -0.3 is 11.1 Å². The number of nitrogens with zero attached hydrogens (tertiary/aromatic N) is 5. The number of nitrogens with one attached hydrogen (secondary N) is 1. The predicted octanol–water partition coefficient (Wildman–Crippen LogP) is 3.51. The van der Waals surface area contributed by atoms with E-state index in [1.165, 1.54) is 9.08 Å². The molecule has 184 valence electrons. The van der Waals surface area contributed by atoms with Gasteiger partial charge in [0.25, 0.3) is 11.5 Å². The van der Waals surface area contributed by atoms with Crippen LogP contribution in [0, 0.1) is 17.8 Å². The van der Waals surface area contributed by atoms with Gasteiger partial charge in [-0.2, -0.15) is 0 Å². The molecule has 0 spiro atoms. The average molecular weight is 492 g/mol. The third kappa shape index (κ3) is 4.41. The highest BCUT2D eigenvalue weighted by Crippen LogP contribution is 2.22. The first-order chi connectivity index (χ1) is 17.8. The molecule has 2 aromatic carbocycles. The molecule has 3 aromatic heterocycles. The van der Waals surface area contributed by atoms with E-state index in [2.05, 4.69) is 27.2 Å². The maximum Gasteiger partial charge on any atom is 0.267 e. The Balaban J connectivity index is 1.66. The number of para-hydroxylation sites is 1. The molecule has 5 rings (SSSR count). The summed E-state index contributed by atoms with van der Waals surface area (Å²) in [6, 6.07) is 15.7. The minimum Gasteiger partial charge on any atom is -0.381 e. The fourth-order valence-electron chi connectivity index (χ4n) is 4.15. The Morgan fingerprint density at radius 3 is 2.59 bits per heavy atom. The van der Waals surface area contributed by atoms with Crippen LogP contribution in [0.3, 0.4) is 0 Å². The molecule has 1 unspecified atom stereocenters. The fraction of sp³-hybridized carbons (Fsp3) is 0.179. The highest BCUT2D eigenvalue weighted by atomic mass is 16.2. The fourth-order valence-corrected chi connectivity index (χ4v) is 4.15. The van der Waals surface area contributed by atoms with Crippen molar-refractivity contribution < 1.29 is 4.79 Å². The van der Waals surface area contributed by atoms with Gasteiger partial charge in [-0.05, 0) is 37.3 Å². The summed E-state index contributed by atoms with van der Waals surface area (Å²) < 4.78 is 2.97. The molecule has 9 heteroatoms.